The van der Waals surface area contributed by atoms with Gasteiger partial charge in [0, 0.05) is 17.7 Å². The molecule has 3 rings (SSSR count). The second-order valence-corrected chi connectivity index (χ2v) is 5.80. The molecule has 0 N–H and O–H groups in total. The van der Waals surface area contributed by atoms with Crippen molar-refractivity contribution in [3.8, 4) is 11.5 Å². The lowest BCUT2D eigenvalue weighted by atomic mass is 10.2. The maximum Gasteiger partial charge on any atom is 0.252 e. The van der Waals surface area contributed by atoms with Gasteiger partial charge in [0.2, 0.25) is 11.8 Å². The summed E-state index contributed by atoms with van der Waals surface area (Å²) in [5.74, 6) is 0.990. The Morgan fingerprint density at radius 2 is 1.86 bits per heavy atom. The molecule has 1 atom stereocenters. The van der Waals surface area contributed by atoms with E-state index in [1.807, 2.05) is 43.3 Å². The molecule has 0 aliphatic heterocycles. The quantitative estimate of drug-likeness (QED) is 0.420. The summed E-state index contributed by atoms with van der Waals surface area (Å²) in [5, 5.41) is 20.3. The van der Waals surface area contributed by atoms with Gasteiger partial charge in [-0.2, -0.15) is 4.73 Å². The zero-order valence-corrected chi connectivity index (χ0v) is 12.2. The Hall–Kier alpha value is -2.34. The van der Waals surface area contributed by atoms with Crippen molar-refractivity contribution in [1.29, 1.82) is 0 Å². The number of rotatable bonds is 4. The van der Waals surface area contributed by atoms with Crippen LogP contribution in [0.4, 0.5) is 0 Å². The zero-order valence-electron chi connectivity index (χ0n) is 11.3. The number of benzene rings is 1. The van der Waals surface area contributed by atoms with E-state index < -0.39 is 0 Å². The van der Waals surface area contributed by atoms with Crippen molar-refractivity contribution in [2.75, 3.05) is 0 Å². The van der Waals surface area contributed by atoms with Crippen LogP contribution in [0.3, 0.4) is 0 Å². The molecule has 5 nitrogen and oxygen atoms in total. The third-order valence-corrected chi connectivity index (χ3v) is 4.01. The molecule has 0 saturated heterocycles. The maximum atomic E-state index is 11.6. The highest BCUT2D eigenvalue weighted by Crippen LogP contribution is 2.33. The van der Waals surface area contributed by atoms with Gasteiger partial charge in [-0.15, -0.1) is 10.2 Å². The average Bonchev–Trinajstić information content (AvgIpc) is 3.00. The van der Waals surface area contributed by atoms with Crippen molar-refractivity contribution in [1.82, 2.24) is 10.2 Å². The monoisotopic (exact) mass is 299 g/mol. The molecule has 0 unspecified atom stereocenters. The van der Waals surface area contributed by atoms with Gasteiger partial charge >= 0.3 is 0 Å². The molecule has 2 heterocycles. The van der Waals surface area contributed by atoms with Gasteiger partial charge in [0.05, 0.1) is 5.25 Å². The lowest BCUT2D eigenvalue weighted by Crippen LogP contribution is -2.27. The Morgan fingerprint density at radius 3 is 2.62 bits per heavy atom. The first-order chi connectivity index (χ1) is 10.2. The summed E-state index contributed by atoms with van der Waals surface area (Å²) in [6.45, 7) is 1.93. The van der Waals surface area contributed by atoms with Crippen LogP contribution in [0.1, 0.15) is 18.1 Å². The van der Waals surface area contributed by atoms with Gasteiger partial charge in [-0.1, -0.05) is 18.2 Å². The maximum absolute atomic E-state index is 11.6. The van der Waals surface area contributed by atoms with E-state index >= 15 is 0 Å². The van der Waals surface area contributed by atoms with E-state index in [9.17, 15) is 5.21 Å². The molecule has 0 spiro atoms. The summed E-state index contributed by atoms with van der Waals surface area (Å²) >= 11 is 1.39. The van der Waals surface area contributed by atoms with E-state index in [2.05, 4.69) is 10.2 Å². The number of pyridine rings is 1. The minimum absolute atomic E-state index is 0.0995. The molecular weight excluding hydrogens is 286 g/mol. The largest absolute Gasteiger partial charge is 0.618 e. The molecule has 0 aliphatic carbocycles. The third kappa shape index (κ3) is 3.05. The second-order valence-electron chi connectivity index (χ2n) is 4.44. The Balaban J connectivity index is 1.79. The topological polar surface area (TPSA) is 65.9 Å². The third-order valence-electron chi connectivity index (χ3n) is 2.90. The lowest BCUT2D eigenvalue weighted by molar-refractivity contribution is -0.645. The number of aromatic nitrogens is 3. The fraction of sp³-hybridized carbons (Fsp3) is 0.133. The van der Waals surface area contributed by atoms with Gasteiger partial charge in [-0.3, -0.25) is 0 Å². The molecular formula is C15H13N3O2S. The van der Waals surface area contributed by atoms with Crippen LogP contribution in [-0.2, 0) is 0 Å². The zero-order chi connectivity index (χ0) is 14.7. The molecule has 0 saturated carbocycles. The first kappa shape index (κ1) is 13.6. The van der Waals surface area contributed by atoms with Gasteiger partial charge in [0.15, 0.2) is 6.20 Å². The predicted octanol–water partition coefficient (Wildman–Crippen LogP) is 3.22. The lowest BCUT2D eigenvalue weighted by Gasteiger charge is -2.06. The summed E-state index contributed by atoms with van der Waals surface area (Å²) in [7, 11) is 0. The Kier molecular flexibility index (Phi) is 3.87. The van der Waals surface area contributed by atoms with Crippen molar-refractivity contribution < 1.29 is 9.15 Å². The Morgan fingerprint density at radius 1 is 1.10 bits per heavy atom. The number of hydrogen-bond donors (Lipinski definition) is 0. The van der Waals surface area contributed by atoms with Crippen molar-refractivity contribution in [2.45, 2.75) is 17.2 Å². The predicted molar refractivity (Wildman–Crippen MR) is 79.4 cm³/mol. The average molecular weight is 299 g/mol. The smallest absolute Gasteiger partial charge is 0.252 e. The molecule has 2 aromatic heterocycles. The van der Waals surface area contributed by atoms with Crippen LogP contribution < -0.4 is 4.73 Å². The number of hydrogen-bond acceptors (Lipinski definition) is 5. The normalized spacial score (nSPS) is 12.2. The molecule has 0 aliphatic rings. The van der Waals surface area contributed by atoms with E-state index in [0.29, 0.717) is 16.8 Å². The van der Waals surface area contributed by atoms with Crippen LogP contribution in [-0.4, -0.2) is 10.2 Å². The van der Waals surface area contributed by atoms with E-state index in [-0.39, 0.29) is 5.25 Å². The summed E-state index contributed by atoms with van der Waals surface area (Å²) < 4.78 is 6.52. The van der Waals surface area contributed by atoms with Crippen molar-refractivity contribution in [3.63, 3.8) is 0 Å². The molecule has 106 valence electrons. The molecule has 6 heteroatoms. The van der Waals surface area contributed by atoms with Crippen molar-refractivity contribution in [3.05, 3.63) is 65.8 Å². The molecule has 0 amide bonds. The van der Waals surface area contributed by atoms with Crippen molar-refractivity contribution >= 4 is 11.8 Å². The highest BCUT2D eigenvalue weighted by molar-refractivity contribution is 7.99. The summed E-state index contributed by atoms with van der Waals surface area (Å²) in [4.78, 5) is 0. The minimum atomic E-state index is -0.0995. The number of thioether (sulfide) groups is 1. The molecule has 0 radical (unpaired) electrons. The molecule has 21 heavy (non-hydrogen) atoms. The first-order valence-corrected chi connectivity index (χ1v) is 7.35. The van der Waals surface area contributed by atoms with Gasteiger partial charge in [0.1, 0.15) is 0 Å². The highest BCUT2D eigenvalue weighted by Gasteiger charge is 2.19. The van der Waals surface area contributed by atoms with Crippen LogP contribution in [0.2, 0.25) is 0 Å². The van der Waals surface area contributed by atoms with Crippen LogP contribution in [0.5, 0.6) is 0 Å². The summed E-state index contributed by atoms with van der Waals surface area (Å²) in [6.07, 6.45) is 1.47. The van der Waals surface area contributed by atoms with Gasteiger partial charge in [-0.25, -0.2) is 0 Å². The molecule has 0 bridgehead atoms. The SMILES string of the molecule is C[C@H](Sc1cccc[n+]1[O-])c1nnc(-c2ccccc2)o1. The minimum Gasteiger partial charge on any atom is -0.618 e. The van der Waals surface area contributed by atoms with E-state index in [1.165, 1.54) is 18.0 Å². The van der Waals surface area contributed by atoms with E-state index in [0.717, 1.165) is 10.3 Å². The molecule has 3 aromatic rings. The number of nitrogens with zero attached hydrogens (tertiary/aromatic N) is 3. The Bertz CT molecular complexity index is 731. The van der Waals surface area contributed by atoms with Crippen molar-refractivity contribution in [2.24, 2.45) is 0 Å². The van der Waals surface area contributed by atoms with Gasteiger partial charge in [-0.05, 0) is 36.9 Å². The molecule has 1 aromatic carbocycles. The van der Waals surface area contributed by atoms with Crippen LogP contribution in [0, 0.1) is 5.21 Å². The first-order valence-electron chi connectivity index (χ1n) is 6.48. The fourth-order valence-corrected chi connectivity index (χ4v) is 2.71. The highest BCUT2D eigenvalue weighted by atomic mass is 32.2. The standard InChI is InChI=1S/C15H13N3O2S/c1-11(21-13-9-5-6-10-18(13)19)14-16-17-15(20-14)12-7-3-2-4-8-12/h2-11H,1H3/t11-/m0/s1. The van der Waals surface area contributed by atoms with Crippen LogP contribution >= 0.6 is 11.8 Å². The van der Waals surface area contributed by atoms with Crippen LogP contribution in [0.15, 0.2) is 64.2 Å². The second kappa shape index (κ2) is 5.97. The van der Waals surface area contributed by atoms with Gasteiger partial charge in [0.25, 0.3) is 5.03 Å². The van der Waals surface area contributed by atoms with Crippen LogP contribution in [0.25, 0.3) is 11.5 Å². The van der Waals surface area contributed by atoms with Gasteiger partial charge < -0.3 is 9.62 Å². The van der Waals surface area contributed by atoms with E-state index in [4.69, 9.17) is 4.42 Å². The summed E-state index contributed by atoms with van der Waals surface area (Å²) in [6, 6.07) is 14.9. The molecule has 0 fully saturated rings. The van der Waals surface area contributed by atoms with E-state index in [1.54, 1.807) is 12.1 Å². The Labute approximate surface area is 126 Å². The summed E-state index contributed by atoms with van der Waals surface area (Å²) in [5.41, 5.74) is 0.882. The fourth-order valence-electron chi connectivity index (χ4n) is 1.83.